The standard InChI is InChI=1S/C26H24N4O5S.C21H22N4O5S/c1-18-23(26(32)35-16-19-8-4-2-5-9-19)12-21(13-27)24(28-18)30-14-22(15-30)25(31)29-36(33,34)17-20-10-6-3-7-11-20;1-3-30-21(27)18-9-16(10-22)19(23-14(18)2)25-11-17(12-25)20(26)24-31(28,29)13-15-7-5-4-6-8-15/h2-12,22H,14-17H2,1H3,(H,29,31);4-9,17H,3,11-13H2,1-2H3,(H,24,26). The van der Waals surface area contributed by atoms with Crippen molar-refractivity contribution in [3.05, 3.63) is 153 Å². The number of benzene rings is 3. The zero-order valence-corrected chi connectivity index (χ0v) is 38.3. The molecule has 4 heterocycles. The highest BCUT2D eigenvalue weighted by Crippen LogP contribution is 2.30. The fraction of sp³-hybridized carbons (Fsp3) is 0.277. The molecule has 2 N–H and O–H groups in total. The van der Waals surface area contributed by atoms with E-state index in [0.29, 0.717) is 34.2 Å². The van der Waals surface area contributed by atoms with Gasteiger partial charge in [-0.25, -0.2) is 36.4 Å². The number of anilines is 2. The summed E-state index contributed by atoms with van der Waals surface area (Å²) in [6.45, 7) is 6.10. The van der Waals surface area contributed by atoms with E-state index in [1.165, 1.54) is 12.1 Å². The molecule has 0 radical (unpaired) electrons. The third-order valence-corrected chi connectivity index (χ3v) is 13.0. The van der Waals surface area contributed by atoms with Gasteiger partial charge in [0.1, 0.15) is 30.4 Å². The number of aromatic nitrogens is 2. The van der Waals surface area contributed by atoms with Crippen molar-refractivity contribution in [2.75, 3.05) is 42.6 Å². The van der Waals surface area contributed by atoms with E-state index in [0.717, 1.165) is 5.56 Å². The lowest BCUT2D eigenvalue weighted by Crippen LogP contribution is -2.55. The molecule has 7 rings (SSSR count). The highest BCUT2D eigenvalue weighted by Gasteiger charge is 2.38. The number of pyridine rings is 2. The molecular weight excluding hydrogens is 901 g/mol. The Morgan fingerprint density at radius 1 is 0.612 bits per heavy atom. The van der Waals surface area contributed by atoms with E-state index in [4.69, 9.17) is 9.47 Å². The molecule has 0 aliphatic carbocycles. The Balaban J connectivity index is 0.000000224. The van der Waals surface area contributed by atoms with Crippen molar-refractivity contribution < 1.29 is 45.5 Å². The van der Waals surface area contributed by atoms with Crippen LogP contribution >= 0.6 is 0 Å². The largest absolute Gasteiger partial charge is 0.462 e. The Kier molecular flexibility index (Phi) is 15.7. The maximum absolute atomic E-state index is 12.6. The number of nitrogens with one attached hydrogen (secondary N) is 2. The molecule has 5 aromatic rings. The van der Waals surface area contributed by atoms with E-state index < -0.39 is 55.6 Å². The Morgan fingerprint density at radius 2 is 0.970 bits per heavy atom. The zero-order chi connectivity index (χ0) is 48.3. The van der Waals surface area contributed by atoms with Crippen LogP contribution in [-0.4, -0.2) is 83.3 Å². The number of hydrogen-bond donors (Lipinski definition) is 2. The number of hydrogen-bond acceptors (Lipinski definition) is 16. The molecule has 20 heteroatoms. The lowest BCUT2D eigenvalue weighted by atomic mass is 9.98. The van der Waals surface area contributed by atoms with Crippen LogP contribution in [0.4, 0.5) is 11.6 Å². The molecule has 0 unspecified atom stereocenters. The van der Waals surface area contributed by atoms with E-state index in [1.807, 2.05) is 42.5 Å². The van der Waals surface area contributed by atoms with Crippen LogP contribution in [0.5, 0.6) is 0 Å². The van der Waals surface area contributed by atoms with Crippen molar-refractivity contribution in [1.29, 1.82) is 10.5 Å². The molecule has 0 saturated carbocycles. The van der Waals surface area contributed by atoms with Crippen molar-refractivity contribution in [3.63, 3.8) is 0 Å². The first-order chi connectivity index (χ1) is 32.0. The Labute approximate surface area is 388 Å². The summed E-state index contributed by atoms with van der Waals surface area (Å²) in [5.41, 5.74) is 3.55. The maximum Gasteiger partial charge on any atom is 0.340 e. The number of ether oxygens (including phenoxy) is 2. The van der Waals surface area contributed by atoms with Gasteiger partial charge in [0.2, 0.25) is 31.9 Å². The lowest BCUT2D eigenvalue weighted by molar-refractivity contribution is -0.124. The summed E-state index contributed by atoms with van der Waals surface area (Å²) < 4.78 is 63.8. The summed E-state index contributed by atoms with van der Waals surface area (Å²) in [7, 11) is -7.65. The van der Waals surface area contributed by atoms with Crippen molar-refractivity contribution in [1.82, 2.24) is 19.4 Å². The van der Waals surface area contributed by atoms with Gasteiger partial charge >= 0.3 is 11.9 Å². The minimum atomic E-state index is -3.83. The van der Waals surface area contributed by atoms with Gasteiger partial charge in [0.25, 0.3) is 0 Å². The summed E-state index contributed by atoms with van der Waals surface area (Å²) >= 11 is 0. The molecule has 346 valence electrons. The number of carbonyl (C=O) groups excluding carboxylic acids is 4. The zero-order valence-electron chi connectivity index (χ0n) is 36.7. The molecule has 2 aliphatic rings. The number of sulfonamides is 2. The Bertz CT molecular complexity index is 2950. The number of nitrogens with zero attached hydrogens (tertiary/aromatic N) is 6. The van der Waals surface area contributed by atoms with Gasteiger partial charge in [0, 0.05) is 26.2 Å². The first-order valence-corrected chi connectivity index (χ1v) is 24.2. The van der Waals surface area contributed by atoms with Gasteiger partial charge in [-0.15, -0.1) is 0 Å². The van der Waals surface area contributed by atoms with Gasteiger partial charge in [-0.3, -0.25) is 19.0 Å². The SMILES string of the molecule is CCOC(=O)c1cc(C#N)c(N2CC(C(=O)NS(=O)(=O)Cc3ccccc3)C2)nc1C.Cc1nc(N2CC(C(=O)NS(=O)(=O)Cc3ccccc3)C2)c(C#N)cc1C(=O)OCc1ccccc1. The number of rotatable bonds is 15. The molecule has 0 atom stereocenters. The van der Waals surface area contributed by atoms with Crippen LogP contribution < -0.4 is 19.2 Å². The summed E-state index contributed by atoms with van der Waals surface area (Å²) in [5.74, 6) is -3.35. The van der Waals surface area contributed by atoms with Crippen LogP contribution in [0.15, 0.2) is 103 Å². The molecule has 2 aromatic heterocycles. The van der Waals surface area contributed by atoms with Gasteiger partial charge in [0.15, 0.2) is 0 Å². The Hall–Kier alpha value is -7.68. The van der Waals surface area contributed by atoms with Gasteiger partial charge in [-0.05, 0) is 49.6 Å². The minimum absolute atomic E-state index is 0.0961. The summed E-state index contributed by atoms with van der Waals surface area (Å²) in [4.78, 5) is 61.6. The number of aryl methyl sites for hydroxylation is 2. The average Bonchev–Trinajstić information content (AvgIpc) is 3.25. The first kappa shape index (κ1) is 48.8. The van der Waals surface area contributed by atoms with Crippen LogP contribution in [0.2, 0.25) is 0 Å². The minimum Gasteiger partial charge on any atom is -0.462 e. The quantitative estimate of drug-likeness (QED) is 0.139. The Morgan fingerprint density at radius 3 is 1.33 bits per heavy atom. The van der Waals surface area contributed by atoms with Crippen molar-refractivity contribution in [2.45, 2.75) is 38.9 Å². The van der Waals surface area contributed by atoms with Crippen LogP contribution in [0.1, 0.15) is 66.8 Å². The number of amides is 2. The fourth-order valence-corrected chi connectivity index (χ4v) is 9.38. The molecular formula is C47H46N8O10S2. The van der Waals surface area contributed by atoms with Gasteiger partial charge in [-0.1, -0.05) is 91.0 Å². The predicted octanol–water partition coefficient (Wildman–Crippen LogP) is 4.22. The second-order valence-electron chi connectivity index (χ2n) is 15.6. The second kappa shape index (κ2) is 21.5. The lowest BCUT2D eigenvalue weighted by Gasteiger charge is -2.39. The van der Waals surface area contributed by atoms with Crippen molar-refractivity contribution >= 4 is 55.4 Å². The third-order valence-electron chi connectivity index (χ3n) is 10.6. The van der Waals surface area contributed by atoms with E-state index >= 15 is 0 Å². The molecule has 2 fully saturated rings. The summed E-state index contributed by atoms with van der Waals surface area (Å²) in [6.07, 6.45) is 0. The monoisotopic (exact) mass is 946 g/mol. The summed E-state index contributed by atoms with van der Waals surface area (Å²) in [5, 5.41) is 19.1. The van der Waals surface area contributed by atoms with Crippen molar-refractivity contribution in [3.8, 4) is 12.1 Å². The van der Waals surface area contributed by atoms with E-state index in [-0.39, 0.29) is 73.2 Å². The highest BCUT2D eigenvalue weighted by molar-refractivity contribution is 7.89. The smallest absolute Gasteiger partial charge is 0.340 e. The molecule has 3 aromatic carbocycles. The maximum atomic E-state index is 12.6. The van der Waals surface area contributed by atoms with Crippen LogP contribution in [0.3, 0.4) is 0 Å². The number of carbonyl (C=O) groups is 4. The highest BCUT2D eigenvalue weighted by atomic mass is 32.2. The van der Waals surface area contributed by atoms with E-state index in [2.05, 4.69) is 19.4 Å². The molecule has 2 aliphatic heterocycles. The van der Waals surface area contributed by atoms with Gasteiger partial charge in [0.05, 0.1) is 63.6 Å². The molecule has 18 nitrogen and oxygen atoms in total. The van der Waals surface area contributed by atoms with Crippen LogP contribution in [-0.2, 0) is 57.2 Å². The molecule has 0 spiro atoms. The van der Waals surface area contributed by atoms with E-state index in [9.17, 15) is 46.5 Å². The van der Waals surface area contributed by atoms with Crippen LogP contribution in [0.25, 0.3) is 0 Å². The topological polar surface area (TPSA) is 259 Å². The van der Waals surface area contributed by atoms with Crippen molar-refractivity contribution in [2.24, 2.45) is 11.8 Å². The average molecular weight is 947 g/mol. The predicted molar refractivity (Wildman–Crippen MR) is 245 cm³/mol. The first-order valence-electron chi connectivity index (χ1n) is 20.9. The second-order valence-corrected chi connectivity index (χ2v) is 19.1. The number of nitriles is 2. The molecule has 0 bridgehead atoms. The molecule has 2 saturated heterocycles. The fourth-order valence-electron chi connectivity index (χ4n) is 7.02. The van der Waals surface area contributed by atoms with Crippen LogP contribution in [0, 0.1) is 48.3 Å². The van der Waals surface area contributed by atoms with Gasteiger partial charge in [-0.2, -0.15) is 10.5 Å². The summed E-state index contributed by atoms with van der Waals surface area (Å²) in [6, 6.07) is 33.3. The van der Waals surface area contributed by atoms with E-state index in [1.54, 1.807) is 91.2 Å². The normalized spacial score (nSPS) is 13.6. The molecule has 2 amide bonds. The number of esters is 2. The van der Waals surface area contributed by atoms with Gasteiger partial charge < -0.3 is 19.3 Å². The molecule has 67 heavy (non-hydrogen) atoms. The third kappa shape index (κ3) is 12.8.